The Labute approximate surface area is 197 Å². The van der Waals surface area contributed by atoms with Crippen molar-refractivity contribution >= 4 is 28.6 Å². The molecule has 0 unspecified atom stereocenters. The van der Waals surface area contributed by atoms with Gasteiger partial charge >= 0.3 is 0 Å². The summed E-state index contributed by atoms with van der Waals surface area (Å²) in [5, 5.41) is 4.54. The molecular weight excluding hydrogens is 434 g/mol. The first-order valence-corrected chi connectivity index (χ1v) is 11.6. The predicted octanol–water partition coefficient (Wildman–Crippen LogP) is 4.77. The number of thioether (sulfide) groups is 1. The molecule has 0 aliphatic heterocycles. The fourth-order valence-electron chi connectivity index (χ4n) is 3.50. The Morgan fingerprint density at radius 1 is 0.909 bits per heavy atom. The number of carbonyl (C=O) groups excluding carboxylic acids is 1. The summed E-state index contributed by atoms with van der Waals surface area (Å²) in [4.78, 5) is 21.8. The molecule has 6 nitrogen and oxygen atoms in total. The van der Waals surface area contributed by atoms with Gasteiger partial charge in [-0.25, -0.2) is 9.97 Å². The molecule has 3 aromatic carbocycles. The summed E-state index contributed by atoms with van der Waals surface area (Å²) in [6, 6.07) is 23.7. The molecule has 4 rings (SSSR count). The van der Waals surface area contributed by atoms with Crippen LogP contribution in [0.25, 0.3) is 22.2 Å². The van der Waals surface area contributed by atoms with Crippen molar-refractivity contribution in [2.24, 2.45) is 0 Å². The highest BCUT2D eigenvalue weighted by molar-refractivity contribution is 7.99. The summed E-state index contributed by atoms with van der Waals surface area (Å²) >= 11 is 1.34. The number of amides is 1. The van der Waals surface area contributed by atoms with Crippen LogP contribution in [-0.4, -0.2) is 42.4 Å². The number of ether oxygens (including phenoxy) is 2. The standard InChI is InChI=1S/C26H25N3O3S/c1-31-22-13-12-18(16-23(22)32-2)14-15-27-24(30)17-33-26-28-21-11-7-6-10-20(21)25(29-26)19-8-4-3-5-9-19/h3-13,16H,14-15,17H2,1-2H3,(H,27,30). The van der Waals surface area contributed by atoms with E-state index < -0.39 is 0 Å². The topological polar surface area (TPSA) is 73.3 Å². The van der Waals surface area contributed by atoms with Crippen LogP contribution >= 0.6 is 11.8 Å². The lowest BCUT2D eigenvalue weighted by Gasteiger charge is -2.10. The minimum absolute atomic E-state index is 0.0569. The van der Waals surface area contributed by atoms with Gasteiger partial charge in [-0.3, -0.25) is 4.79 Å². The molecule has 33 heavy (non-hydrogen) atoms. The normalized spacial score (nSPS) is 10.7. The highest BCUT2D eigenvalue weighted by Gasteiger charge is 2.12. The van der Waals surface area contributed by atoms with Gasteiger partial charge in [0, 0.05) is 17.5 Å². The number of hydrogen-bond acceptors (Lipinski definition) is 6. The summed E-state index contributed by atoms with van der Waals surface area (Å²) in [5.41, 5.74) is 3.82. The van der Waals surface area contributed by atoms with E-state index in [1.807, 2.05) is 72.8 Å². The number of rotatable bonds is 9. The number of benzene rings is 3. The zero-order chi connectivity index (χ0) is 23.0. The van der Waals surface area contributed by atoms with Crippen LogP contribution in [0.3, 0.4) is 0 Å². The molecule has 0 radical (unpaired) electrons. The summed E-state index contributed by atoms with van der Waals surface area (Å²) in [6.07, 6.45) is 0.696. The Hall–Kier alpha value is -3.58. The lowest BCUT2D eigenvalue weighted by Crippen LogP contribution is -2.27. The maximum atomic E-state index is 12.4. The number of carbonyl (C=O) groups is 1. The van der Waals surface area contributed by atoms with Crippen molar-refractivity contribution in [3.63, 3.8) is 0 Å². The molecule has 0 bridgehead atoms. The van der Waals surface area contributed by atoms with Gasteiger partial charge in [0.05, 0.1) is 31.2 Å². The van der Waals surface area contributed by atoms with E-state index in [1.165, 1.54) is 11.8 Å². The van der Waals surface area contributed by atoms with Crippen LogP contribution in [0.4, 0.5) is 0 Å². The SMILES string of the molecule is COc1ccc(CCNC(=O)CSc2nc(-c3ccccc3)c3ccccc3n2)cc1OC. The van der Waals surface area contributed by atoms with E-state index in [4.69, 9.17) is 14.5 Å². The minimum atomic E-state index is -0.0569. The second-order valence-corrected chi connectivity index (χ2v) is 8.26. The van der Waals surface area contributed by atoms with Gasteiger partial charge in [0.25, 0.3) is 0 Å². The molecule has 7 heteroatoms. The largest absolute Gasteiger partial charge is 0.493 e. The highest BCUT2D eigenvalue weighted by atomic mass is 32.2. The smallest absolute Gasteiger partial charge is 0.230 e. The number of nitrogens with one attached hydrogen (secondary N) is 1. The molecule has 0 saturated carbocycles. The molecule has 168 valence electrons. The summed E-state index contributed by atoms with van der Waals surface area (Å²) < 4.78 is 10.6. The molecule has 0 saturated heterocycles. The second kappa shape index (κ2) is 10.8. The first-order valence-electron chi connectivity index (χ1n) is 10.6. The van der Waals surface area contributed by atoms with Gasteiger partial charge in [-0.1, -0.05) is 66.4 Å². The lowest BCUT2D eigenvalue weighted by molar-refractivity contribution is -0.118. The van der Waals surface area contributed by atoms with E-state index in [9.17, 15) is 4.79 Å². The number of aromatic nitrogens is 2. The Bertz CT molecular complexity index is 1250. The van der Waals surface area contributed by atoms with Gasteiger partial charge in [-0.2, -0.15) is 0 Å². The van der Waals surface area contributed by atoms with Gasteiger partial charge in [0.2, 0.25) is 5.91 Å². The molecule has 0 spiro atoms. The second-order valence-electron chi connectivity index (χ2n) is 7.32. The fourth-order valence-corrected chi connectivity index (χ4v) is 4.18. The van der Waals surface area contributed by atoms with Crippen LogP contribution in [0.1, 0.15) is 5.56 Å². The third kappa shape index (κ3) is 5.62. The van der Waals surface area contributed by atoms with Crippen LogP contribution in [0, 0.1) is 0 Å². The van der Waals surface area contributed by atoms with E-state index in [2.05, 4.69) is 10.3 Å². The predicted molar refractivity (Wildman–Crippen MR) is 132 cm³/mol. The molecule has 0 aliphatic carbocycles. The van der Waals surface area contributed by atoms with E-state index in [-0.39, 0.29) is 11.7 Å². The molecule has 0 aliphatic rings. The third-order valence-electron chi connectivity index (χ3n) is 5.15. The number of para-hydroxylation sites is 1. The summed E-state index contributed by atoms with van der Waals surface area (Å²) in [7, 11) is 3.22. The molecule has 1 heterocycles. The average molecular weight is 460 g/mol. The number of nitrogens with zero attached hydrogens (tertiary/aromatic N) is 2. The number of fused-ring (bicyclic) bond motifs is 1. The first-order chi connectivity index (χ1) is 16.2. The zero-order valence-corrected chi connectivity index (χ0v) is 19.4. The van der Waals surface area contributed by atoms with Crippen molar-refractivity contribution in [2.75, 3.05) is 26.5 Å². The molecule has 4 aromatic rings. The highest BCUT2D eigenvalue weighted by Crippen LogP contribution is 2.29. The van der Waals surface area contributed by atoms with E-state index >= 15 is 0 Å². The van der Waals surface area contributed by atoms with Crippen LogP contribution in [0.15, 0.2) is 78.0 Å². The van der Waals surface area contributed by atoms with Gasteiger partial charge < -0.3 is 14.8 Å². The van der Waals surface area contributed by atoms with Crippen molar-refractivity contribution in [3.8, 4) is 22.8 Å². The molecule has 1 N–H and O–H groups in total. The van der Waals surface area contributed by atoms with Gasteiger partial charge in [0.15, 0.2) is 16.7 Å². The van der Waals surface area contributed by atoms with Crippen molar-refractivity contribution < 1.29 is 14.3 Å². The van der Waals surface area contributed by atoms with Gasteiger partial charge in [-0.05, 0) is 30.2 Å². The molecule has 0 atom stereocenters. The zero-order valence-electron chi connectivity index (χ0n) is 18.6. The first kappa shape index (κ1) is 22.6. The fraction of sp³-hybridized carbons (Fsp3) is 0.192. The summed E-state index contributed by atoms with van der Waals surface area (Å²) in [5.74, 6) is 1.56. The van der Waals surface area contributed by atoms with E-state index in [1.54, 1.807) is 14.2 Å². The quantitative estimate of drug-likeness (QED) is 0.287. The number of methoxy groups -OCH3 is 2. The molecule has 0 fully saturated rings. The summed E-state index contributed by atoms with van der Waals surface area (Å²) in [6.45, 7) is 0.530. The van der Waals surface area contributed by atoms with Crippen LogP contribution in [0.5, 0.6) is 11.5 Å². The van der Waals surface area contributed by atoms with Crippen molar-refractivity contribution in [1.29, 1.82) is 0 Å². The molecular formula is C26H25N3O3S. The Kier molecular flexibility index (Phi) is 7.42. The van der Waals surface area contributed by atoms with Crippen LogP contribution in [0.2, 0.25) is 0 Å². The Morgan fingerprint density at radius 2 is 1.67 bits per heavy atom. The van der Waals surface area contributed by atoms with Crippen molar-refractivity contribution in [1.82, 2.24) is 15.3 Å². The molecule has 1 amide bonds. The van der Waals surface area contributed by atoms with Crippen molar-refractivity contribution in [3.05, 3.63) is 78.4 Å². The van der Waals surface area contributed by atoms with Gasteiger partial charge in [-0.15, -0.1) is 0 Å². The lowest BCUT2D eigenvalue weighted by atomic mass is 10.1. The van der Waals surface area contributed by atoms with Crippen LogP contribution in [-0.2, 0) is 11.2 Å². The Morgan fingerprint density at radius 3 is 2.45 bits per heavy atom. The molecule has 1 aromatic heterocycles. The maximum Gasteiger partial charge on any atom is 0.230 e. The minimum Gasteiger partial charge on any atom is -0.493 e. The van der Waals surface area contributed by atoms with Crippen LogP contribution < -0.4 is 14.8 Å². The maximum absolute atomic E-state index is 12.4. The van der Waals surface area contributed by atoms with Gasteiger partial charge in [0.1, 0.15) is 0 Å². The number of hydrogen-bond donors (Lipinski definition) is 1. The Balaban J connectivity index is 1.38. The van der Waals surface area contributed by atoms with Crippen molar-refractivity contribution in [2.45, 2.75) is 11.6 Å². The van der Waals surface area contributed by atoms with E-state index in [0.29, 0.717) is 29.6 Å². The average Bonchev–Trinajstić information content (AvgIpc) is 2.87. The van der Waals surface area contributed by atoms with E-state index in [0.717, 1.165) is 27.7 Å². The monoisotopic (exact) mass is 459 g/mol. The third-order valence-corrected chi connectivity index (χ3v) is 5.99.